The van der Waals surface area contributed by atoms with Gasteiger partial charge in [-0.1, -0.05) is 29.8 Å². The van der Waals surface area contributed by atoms with Crippen LogP contribution >= 0.6 is 11.6 Å². The molecule has 1 aromatic carbocycles. The quantitative estimate of drug-likeness (QED) is 0.615. The second-order valence-electron chi connectivity index (χ2n) is 6.64. The number of benzene rings is 1. The van der Waals surface area contributed by atoms with Crippen LogP contribution < -0.4 is 5.73 Å². The fourth-order valence-corrected chi connectivity index (χ4v) is 2.91. The molecule has 0 radical (unpaired) electrons. The third-order valence-corrected chi connectivity index (χ3v) is 4.68. The molecule has 2 aromatic rings. The fraction of sp³-hybridized carbons (Fsp3) is 0.316. The Morgan fingerprint density at radius 3 is 2.58 bits per heavy atom. The Labute approximate surface area is 178 Å². The number of aromatic nitrogens is 3. The highest BCUT2D eigenvalue weighted by Gasteiger charge is 2.57. The SMILES string of the molecule is NC(=O)c1nc(C2=CCCC=C2)n(-c2ccc(Cl)c(COCC(F)(F)C(F)(F)F)c2)n1. The first-order valence-electron chi connectivity index (χ1n) is 8.94. The van der Waals surface area contributed by atoms with E-state index in [0.29, 0.717) is 17.1 Å². The van der Waals surface area contributed by atoms with Gasteiger partial charge in [-0.25, -0.2) is 9.67 Å². The topological polar surface area (TPSA) is 83.0 Å². The molecule has 1 amide bonds. The largest absolute Gasteiger partial charge is 0.455 e. The molecule has 0 saturated carbocycles. The number of carbonyl (C=O) groups is 1. The number of amides is 1. The number of nitrogens with two attached hydrogens (primary N) is 1. The smallest absolute Gasteiger partial charge is 0.370 e. The van der Waals surface area contributed by atoms with Crippen molar-refractivity contribution in [2.24, 2.45) is 5.73 Å². The molecule has 2 N–H and O–H groups in total. The maximum absolute atomic E-state index is 13.1. The van der Waals surface area contributed by atoms with E-state index in [0.717, 1.165) is 12.8 Å². The number of primary amides is 1. The summed E-state index contributed by atoms with van der Waals surface area (Å²) in [6.07, 6.45) is 1.47. The van der Waals surface area contributed by atoms with Crippen LogP contribution in [-0.2, 0) is 11.3 Å². The van der Waals surface area contributed by atoms with Crippen molar-refractivity contribution in [3.8, 4) is 5.69 Å². The summed E-state index contributed by atoms with van der Waals surface area (Å²) in [5, 5.41) is 4.17. The van der Waals surface area contributed by atoms with Crippen LogP contribution in [0.2, 0.25) is 5.02 Å². The van der Waals surface area contributed by atoms with Gasteiger partial charge in [0, 0.05) is 10.6 Å². The molecular formula is C19H16ClF5N4O2. The predicted octanol–water partition coefficient (Wildman–Crippen LogP) is 4.47. The number of allylic oxidation sites excluding steroid dienone is 4. The first kappa shape index (κ1) is 22.9. The van der Waals surface area contributed by atoms with Gasteiger partial charge >= 0.3 is 12.1 Å². The van der Waals surface area contributed by atoms with Gasteiger partial charge in [-0.3, -0.25) is 4.79 Å². The van der Waals surface area contributed by atoms with Crippen LogP contribution in [0.1, 0.15) is 34.8 Å². The van der Waals surface area contributed by atoms with Crippen molar-refractivity contribution in [2.75, 3.05) is 6.61 Å². The van der Waals surface area contributed by atoms with E-state index in [1.54, 1.807) is 6.08 Å². The zero-order chi connectivity index (χ0) is 22.8. The Kier molecular flexibility index (Phi) is 6.46. The van der Waals surface area contributed by atoms with E-state index in [9.17, 15) is 26.7 Å². The van der Waals surface area contributed by atoms with E-state index in [4.69, 9.17) is 17.3 Å². The molecule has 3 rings (SSSR count). The molecule has 0 aliphatic heterocycles. The Morgan fingerprint density at radius 2 is 1.97 bits per heavy atom. The molecule has 0 bridgehead atoms. The number of carbonyl (C=O) groups excluding carboxylic acids is 1. The normalized spacial score (nSPS) is 14.6. The van der Waals surface area contributed by atoms with Gasteiger partial charge < -0.3 is 10.5 Å². The van der Waals surface area contributed by atoms with Crippen LogP contribution in [0.15, 0.2) is 36.4 Å². The van der Waals surface area contributed by atoms with Crippen molar-refractivity contribution in [1.82, 2.24) is 14.8 Å². The van der Waals surface area contributed by atoms with E-state index in [1.807, 2.05) is 12.2 Å². The zero-order valence-electron chi connectivity index (χ0n) is 15.8. The van der Waals surface area contributed by atoms with Gasteiger partial charge in [0.05, 0.1) is 12.3 Å². The number of hydrogen-bond donors (Lipinski definition) is 1. The second-order valence-corrected chi connectivity index (χ2v) is 7.05. The summed E-state index contributed by atoms with van der Waals surface area (Å²) < 4.78 is 68.9. The highest BCUT2D eigenvalue weighted by Crippen LogP contribution is 2.36. The van der Waals surface area contributed by atoms with Crippen molar-refractivity contribution < 1.29 is 31.5 Å². The van der Waals surface area contributed by atoms with Gasteiger partial charge in [0.2, 0.25) is 5.82 Å². The van der Waals surface area contributed by atoms with Crippen LogP contribution in [0.4, 0.5) is 22.0 Å². The van der Waals surface area contributed by atoms with Gasteiger partial charge in [-0.2, -0.15) is 22.0 Å². The van der Waals surface area contributed by atoms with Gasteiger partial charge in [0.1, 0.15) is 6.61 Å². The van der Waals surface area contributed by atoms with Gasteiger partial charge in [-0.05, 0) is 36.6 Å². The lowest BCUT2D eigenvalue weighted by molar-refractivity contribution is -0.297. The van der Waals surface area contributed by atoms with E-state index in [2.05, 4.69) is 14.8 Å². The van der Waals surface area contributed by atoms with Gasteiger partial charge in [0.25, 0.3) is 5.91 Å². The summed E-state index contributed by atoms with van der Waals surface area (Å²) in [5.41, 5.74) is 6.44. The molecule has 0 unspecified atom stereocenters. The van der Waals surface area contributed by atoms with Crippen molar-refractivity contribution in [2.45, 2.75) is 31.5 Å². The van der Waals surface area contributed by atoms with Crippen LogP contribution in [0.5, 0.6) is 0 Å². The first-order chi connectivity index (χ1) is 14.5. The van der Waals surface area contributed by atoms with Gasteiger partial charge in [-0.15, -0.1) is 5.10 Å². The van der Waals surface area contributed by atoms with E-state index >= 15 is 0 Å². The number of hydrogen-bond acceptors (Lipinski definition) is 4. The van der Waals surface area contributed by atoms with Crippen molar-refractivity contribution in [1.29, 1.82) is 0 Å². The average Bonchev–Trinajstić information content (AvgIpc) is 3.15. The lowest BCUT2D eigenvalue weighted by atomic mass is 10.1. The molecule has 166 valence electrons. The third kappa shape index (κ3) is 5.10. The van der Waals surface area contributed by atoms with Crippen LogP contribution in [0.3, 0.4) is 0 Å². The lowest BCUT2D eigenvalue weighted by Gasteiger charge is -2.19. The van der Waals surface area contributed by atoms with Crippen molar-refractivity contribution >= 4 is 23.1 Å². The molecule has 6 nitrogen and oxygen atoms in total. The second kappa shape index (κ2) is 8.75. The average molecular weight is 463 g/mol. The molecule has 0 saturated heterocycles. The van der Waals surface area contributed by atoms with Gasteiger partial charge in [0.15, 0.2) is 5.82 Å². The molecule has 12 heteroatoms. The maximum atomic E-state index is 13.1. The Bertz CT molecular complexity index is 1050. The van der Waals surface area contributed by atoms with Crippen molar-refractivity contribution in [3.63, 3.8) is 0 Å². The lowest BCUT2D eigenvalue weighted by Crippen LogP contribution is -2.40. The molecule has 1 aliphatic rings. The highest BCUT2D eigenvalue weighted by molar-refractivity contribution is 6.31. The summed E-state index contributed by atoms with van der Waals surface area (Å²) in [6, 6.07) is 4.31. The third-order valence-electron chi connectivity index (χ3n) is 4.31. The monoisotopic (exact) mass is 462 g/mol. The number of alkyl halides is 5. The van der Waals surface area contributed by atoms with E-state index in [1.165, 1.54) is 22.9 Å². The Hall–Kier alpha value is -2.79. The van der Waals surface area contributed by atoms with Crippen LogP contribution in [0.25, 0.3) is 11.3 Å². The minimum absolute atomic E-state index is 0.0904. The number of halogens is 6. The summed E-state index contributed by atoms with van der Waals surface area (Å²) in [5.74, 6) is -5.78. The summed E-state index contributed by atoms with van der Waals surface area (Å²) in [7, 11) is 0. The van der Waals surface area contributed by atoms with Crippen LogP contribution in [0, 0.1) is 0 Å². The number of ether oxygens (including phenoxy) is 1. The summed E-state index contributed by atoms with van der Waals surface area (Å²) in [6.45, 7) is -2.46. The molecule has 1 aromatic heterocycles. The van der Waals surface area contributed by atoms with Crippen LogP contribution in [-0.4, -0.2) is 39.4 Å². The Morgan fingerprint density at radius 1 is 1.23 bits per heavy atom. The zero-order valence-corrected chi connectivity index (χ0v) is 16.6. The molecule has 0 fully saturated rings. The molecular weight excluding hydrogens is 447 g/mol. The predicted molar refractivity (Wildman–Crippen MR) is 102 cm³/mol. The molecule has 1 heterocycles. The number of rotatable bonds is 7. The molecule has 0 spiro atoms. The Balaban J connectivity index is 1.90. The molecule has 1 aliphatic carbocycles. The summed E-state index contributed by atoms with van der Waals surface area (Å²) in [4.78, 5) is 15.7. The molecule has 0 atom stereocenters. The van der Waals surface area contributed by atoms with E-state index in [-0.39, 0.29) is 16.4 Å². The van der Waals surface area contributed by atoms with Crippen molar-refractivity contribution in [3.05, 3.63) is 58.7 Å². The minimum atomic E-state index is -5.72. The maximum Gasteiger partial charge on any atom is 0.455 e. The minimum Gasteiger partial charge on any atom is -0.370 e. The molecule has 31 heavy (non-hydrogen) atoms. The highest BCUT2D eigenvalue weighted by atomic mass is 35.5. The standard InChI is InChI=1S/C19H16ClF5N4O2/c20-14-7-6-13(8-12(14)9-31-10-18(21,22)19(23,24)25)29-17(11-4-2-1-3-5-11)27-16(28-29)15(26)30/h2,4-8H,1,3,9-10H2,(H2,26,30). The first-order valence-corrected chi connectivity index (χ1v) is 9.32. The number of nitrogens with zero attached hydrogens (tertiary/aromatic N) is 3. The fourth-order valence-electron chi connectivity index (χ4n) is 2.74. The summed E-state index contributed by atoms with van der Waals surface area (Å²) >= 11 is 6.04. The van der Waals surface area contributed by atoms with E-state index < -0.39 is 31.2 Å².